The quantitative estimate of drug-likeness (QED) is 0.232. The summed E-state index contributed by atoms with van der Waals surface area (Å²) in [5, 5.41) is 0. The minimum absolute atomic E-state index is 0.00301. The number of H-pyrrole nitrogens is 2. The van der Waals surface area contributed by atoms with Crippen molar-refractivity contribution in [3.05, 3.63) is 65.6 Å². The Morgan fingerprint density at radius 3 is 2.11 bits per heavy atom. The molecule has 2 amide bonds. The van der Waals surface area contributed by atoms with Crippen LogP contribution >= 0.6 is 17.4 Å². The number of amides is 2. The van der Waals surface area contributed by atoms with Crippen molar-refractivity contribution in [2.45, 2.75) is 76.8 Å². The molecule has 238 valence electrons. The first-order chi connectivity index (χ1) is 21.9. The number of allylic oxidation sites excluding steroid dienone is 2. The molecule has 8 nitrogen and oxygen atoms in total. The lowest BCUT2D eigenvalue weighted by Crippen LogP contribution is -2.35. The van der Waals surface area contributed by atoms with Crippen LogP contribution in [0.2, 0.25) is 0 Å². The van der Waals surface area contributed by atoms with Crippen LogP contribution in [0.25, 0.3) is 16.8 Å². The molecule has 0 bridgehead atoms. The van der Waals surface area contributed by atoms with E-state index in [0.717, 1.165) is 107 Å². The van der Waals surface area contributed by atoms with Gasteiger partial charge in [0.1, 0.15) is 11.6 Å². The van der Waals surface area contributed by atoms with Crippen molar-refractivity contribution in [3.8, 4) is 11.3 Å². The first-order valence-corrected chi connectivity index (χ1v) is 18.6. The lowest BCUT2D eigenvalue weighted by molar-refractivity contribution is -0.136. The van der Waals surface area contributed by atoms with E-state index in [4.69, 9.17) is 9.97 Å². The van der Waals surface area contributed by atoms with E-state index < -0.39 is 0 Å². The smallest absolute Gasteiger partial charge is 0.226 e. The Morgan fingerprint density at radius 1 is 0.933 bits per heavy atom. The molecule has 10 heteroatoms. The van der Waals surface area contributed by atoms with E-state index in [1.165, 1.54) is 11.1 Å². The third-order valence-corrected chi connectivity index (χ3v) is 11.5. The highest BCUT2D eigenvalue weighted by atomic mass is 31.1. The summed E-state index contributed by atoms with van der Waals surface area (Å²) in [5.41, 5.74) is 5.87. The van der Waals surface area contributed by atoms with Crippen molar-refractivity contribution in [3.63, 3.8) is 0 Å². The molecule has 2 aromatic heterocycles. The summed E-state index contributed by atoms with van der Waals surface area (Å²) >= 11 is 0. The molecule has 6 unspecified atom stereocenters. The number of nitrogens with one attached hydrogen (secondary N) is 2. The van der Waals surface area contributed by atoms with Crippen LogP contribution in [0.5, 0.6) is 0 Å². The molecule has 1 aliphatic carbocycles. The van der Waals surface area contributed by atoms with Gasteiger partial charge in [0.2, 0.25) is 11.8 Å². The SMILES string of the molecule is C=PCC(C)C(=O)N1CCCC1c1ncc(C2=CCC(c3ccc(-c4cnc(C5CCCN5C(=O)C(C)CP)[nH]4)cc3)CC2)[nH]1. The van der Waals surface area contributed by atoms with Crippen molar-refractivity contribution in [1.82, 2.24) is 29.7 Å². The molecule has 6 atom stereocenters. The van der Waals surface area contributed by atoms with Gasteiger partial charge in [-0.2, -0.15) is 0 Å². The zero-order chi connectivity index (χ0) is 31.5. The van der Waals surface area contributed by atoms with Crippen LogP contribution in [0.4, 0.5) is 0 Å². The predicted molar refractivity (Wildman–Crippen MR) is 186 cm³/mol. The molecule has 3 aliphatic rings. The summed E-state index contributed by atoms with van der Waals surface area (Å²) < 4.78 is 0. The van der Waals surface area contributed by atoms with Crippen molar-refractivity contribution in [1.29, 1.82) is 0 Å². The van der Waals surface area contributed by atoms with E-state index in [1.54, 1.807) is 0 Å². The average molecular weight is 645 g/mol. The van der Waals surface area contributed by atoms with E-state index in [-0.39, 0.29) is 35.7 Å². The van der Waals surface area contributed by atoms with Gasteiger partial charge in [-0.05, 0) is 73.7 Å². The van der Waals surface area contributed by atoms with Gasteiger partial charge in [-0.15, -0.1) is 17.4 Å². The number of rotatable bonds is 10. The Balaban J connectivity index is 1.08. The van der Waals surface area contributed by atoms with Gasteiger partial charge in [0.25, 0.3) is 0 Å². The molecular weight excluding hydrogens is 598 g/mol. The largest absolute Gasteiger partial charge is 0.341 e. The molecule has 3 aromatic rings. The second-order valence-electron chi connectivity index (χ2n) is 13.0. The Labute approximate surface area is 270 Å². The second-order valence-corrected chi connectivity index (χ2v) is 14.3. The zero-order valence-electron chi connectivity index (χ0n) is 26.5. The summed E-state index contributed by atoms with van der Waals surface area (Å²) in [5.74, 6) is 2.73. The third-order valence-electron chi connectivity index (χ3n) is 9.94. The van der Waals surface area contributed by atoms with Crippen molar-refractivity contribution < 1.29 is 9.59 Å². The zero-order valence-corrected chi connectivity index (χ0v) is 28.6. The molecule has 4 heterocycles. The second kappa shape index (κ2) is 14.1. The van der Waals surface area contributed by atoms with Gasteiger partial charge in [-0.25, -0.2) is 9.97 Å². The molecule has 2 saturated heterocycles. The molecule has 0 saturated carbocycles. The Bertz CT molecular complexity index is 1550. The van der Waals surface area contributed by atoms with Gasteiger partial charge >= 0.3 is 0 Å². The van der Waals surface area contributed by atoms with Gasteiger partial charge in [-0.1, -0.05) is 50.5 Å². The number of nitrogens with zero attached hydrogens (tertiary/aromatic N) is 4. The fourth-order valence-corrected chi connectivity index (χ4v) is 7.95. The summed E-state index contributed by atoms with van der Waals surface area (Å²) in [7, 11) is 3.70. The van der Waals surface area contributed by atoms with E-state index in [9.17, 15) is 9.59 Å². The predicted octanol–water partition coefficient (Wildman–Crippen LogP) is 7.00. The molecule has 2 N–H and O–H groups in total. The monoisotopic (exact) mass is 644 g/mol. The third kappa shape index (κ3) is 6.74. The van der Waals surface area contributed by atoms with Crippen molar-refractivity contribution in [2.24, 2.45) is 11.8 Å². The highest BCUT2D eigenvalue weighted by Gasteiger charge is 2.35. The van der Waals surface area contributed by atoms with E-state index >= 15 is 0 Å². The highest BCUT2D eigenvalue weighted by Crippen LogP contribution is 2.38. The van der Waals surface area contributed by atoms with Gasteiger partial charge < -0.3 is 19.8 Å². The number of aromatic nitrogens is 4. The fourth-order valence-electron chi connectivity index (χ4n) is 7.21. The number of hydrogen-bond donors (Lipinski definition) is 2. The minimum Gasteiger partial charge on any atom is -0.341 e. The molecule has 0 spiro atoms. The van der Waals surface area contributed by atoms with Gasteiger partial charge in [0.05, 0.1) is 35.9 Å². The van der Waals surface area contributed by atoms with E-state index in [0.29, 0.717) is 5.92 Å². The molecule has 0 radical (unpaired) electrons. The molecular formula is C35H46N6O2P2. The van der Waals surface area contributed by atoms with Crippen LogP contribution in [0.3, 0.4) is 0 Å². The Morgan fingerprint density at radius 2 is 1.53 bits per heavy atom. The minimum atomic E-state index is -0.00301. The van der Waals surface area contributed by atoms with Crippen LogP contribution < -0.4 is 0 Å². The number of aromatic amines is 2. The number of likely N-dealkylation sites (tertiary alicyclic amines) is 2. The summed E-state index contributed by atoms with van der Waals surface area (Å²) in [6.07, 6.45) is 18.7. The maximum atomic E-state index is 13.0. The Hall–Kier alpha value is -3.08. The molecule has 45 heavy (non-hydrogen) atoms. The van der Waals surface area contributed by atoms with Gasteiger partial charge in [0, 0.05) is 31.1 Å². The summed E-state index contributed by atoms with van der Waals surface area (Å²) in [6.45, 7) is 5.62. The van der Waals surface area contributed by atoms with Gasteiger partial charge in [0.15, 0.2) is 0 Å². The lowest BCUT2D eigenvalue weighted by Gasteiger charge is -2.26. The van der Waals surface area contributed by atoms with Crippen LogP contribution in [0, 0.1) is 11.8 Å². The lowest BCUT2D eigenvalue weighted by atomic mass is 9.83. The summed E-state index contributed by atoms with van der Waals surface area (Å²) in [6, 6.07) is 8.95. The number of hydrogen-bond acceptors (Lipinski definition) is 4. The van der Waals surface area contributed by atoms with Gasteiger partial charge in [-0.3, -0.25) is 9.59 Å². The highest BCUT2D eigenvalue weighted by molar-refractivity contribution is 7.36. The molecule has 2 fully saturated rings. The molecule has 2 aliphatic heterocycles. The van der Waals surface area contributed by atoms with E-state index in [2.05, 4.69) is 55.8 Å². The van der Waals surface area contributed by atoms with Crippen LogP contribution in [0.15, 0.2) is 42.7 Å². The number of carbonyl (C=O) groups excluding carboxylic acids is 2. The van der Waals surface area contributed by atoms with Crippen LogP contribution in [-0.4, -0.2) is 73.3 Å². The fraction of sp³-hybridized carbons (Fsp3) is 0.514. The summed E-state index contributed by atoms with van der Waals surface area (Å²) in [4.78, 5) is 46.5. The molecule has 6 rings (SSSR count). The number of benzene rings is 1. The molecule has 1 aromatic carbocycles. The first kappa shape index (κ1) is 31.9. The van der Waals surface area contributed by atoms with Crippen molar-refractivity contribution >= 4 is 41.1 Å². The number of carbonyl (C=O) groups is 2. The number of imidazole rings is 2. The van der Waals surface area contributed by atoms with Crippen LogP contribution in [-0.2, 0) is 9.59 Å². The maximum Gasteiger partial charge on any atom is 0.226 e. The maximum absolute atomic E-state index is 13.0. The van der Waals surface area contributed by atoms with Crippen LogP contribution in [0.1, 0.15) is 99.7 Å². The van der Waals surface area contributed by atoms with E-state index in [1.807, 2.05) is 36.0 Å². The Kier molecular flexibility index (Phi) is 10.0. The first-order valence-electron chi connectivity index (χ1n) is 16.5. The topological polar surface area (TPSA) is 98.0 Å². The van der Waals surface area contributed by atoms with Crippen molar-refractivity contribution in [2.75, 3.05) is 25.4 Å². The standard InChI is InChI=1S/C35H46N6O2P2/c1-22(20-44)34(42)40-16-4-6-30(40)32-36-18-28(38-32)26-12-8-24(9-13-26)25-10-14-27(15-11-25)29-19-37-33(39-29)31-7-5-17-41(31)35(43)23(2)21-45-3/h8-9,12-14,18-19,22-23,25,30-31H,3-7,10-11,15-17,20-21,44H2,1-2H3,(H,36,38)(H,37,39). The average Bonchev–Trinajstić information content (AvgIpc) is 3.90. The normalized spacial score (nSPS) is 23.4.